The summed E-state index contributed by atoms with van der Waals surface area (Å²) < 4.78 is 0. The summed E-state index contributed by atoms with van der Waals surface area (Å²) >= 11 is 0. The third kappa shape index (κ3) is 2.64. The Kier molecular flexibility index (Phi) is 3.87. The van der Waals surface area contributed by atoms with Crippen LogP contribution < -0.4 is 0 Å². The van der Waals surface area contributed by atoms with Crippen LogP contribution >= 0.6 is 0 Å². The van der Waals surface area contributed by atoms with Crippen LogP contribution in [0.3, 0.4) is 0 Å². The quantitative estimate of drug-likeness (QED) is 0.807. The number of rotatable bonds is 4. The first-order chi connectivity index (χ1) is 8.72. The Morgan fingerprint density at radius 3 is 2.17 bits per heavy atom. The van der Waals surface area contributed by atoms with E-state index in [4.69, 9.17) is 5.11 Å². The van der Waals surface area contributed by atoms with E-state index in [9.17, 15) is 9.90 Å². The molecule has 1 unspecified atom stereocenters. The van der Waals surface area contributed by atoms with Gasteiger partial charge in [-0.3, -0.25) is 4.79 Å². The van der Waals surface area contributed by atoms with Gasteiger partial charge in [-0.1, -0.05) is 54.6 Å². The van der Waals surface area contributed by atoms with Crippen LogP contribution in [0.1, 0.15) is 27.6 Å². The van der Waals surface area contributed by atoms with E-state index in [2.05, 4.69) is 0 Å². The fraction of sp³-hybridized carbons (Fsp3) is 0.133. The van der Waals surface area contributed by atoms with E-state index in [1.165, 1.54) is 0 Å². The van der Waals surface area contributed by atoms with Gasteiger partial charge in [-0.15, -0.1) is 0 Å². The minimum Gasteiger partial charge on any atom is -0.392 e. The Balaban J connectivity index is 2.20. The standard InChI is InChI=1S/C15H14O3/c16-10-11-6-8-13(9-7-11)15(18)14(17)12-4-2-1-3-5-12/h1-9,15-16,18H,10H2. The number of ketones is 1. The summed E-state index contributed by atoms with van der Waals surface area (Å²) in [7, 11) is 0. The largest absolute Gasteiger partial charge is 0.392 e. The van der Waals surface area contributed by atoms with Gasteiger partial charge in [0, 0.05) is 5.56 Å². The van der Waals surface area contributed by atoms with Crippen LogP contribution in [0, 0.1) is 0 Å². The number of hydrogen-bond acceptors (Lipinski definition) is 3. The Morgan fingerprint density at radius 1 is 1.00 bits per heavy atom. The molecule has 18 heavy (non-hydrogen) atoms. The molecule has 0 aliphatic rings. The van der Waals surface area contributed by atoms with Gasteiger partial charge in [0.05, 0.1) is 6.61 Å². The smallest absolute Gasteiger partial charge is 0.195 e. The summed E-state index contributed by atoms with van der Waals surface area (Å²) in [6, 6.07) is 15.4. The lowest BCUT2D eigenvalue weighted by Gasteiger charge is -2.10. The van der Waals surface area contributed by atoms with Gasteiger partial charge in [0.25, 0.3) is 0 Å². The van der Waals surface area contributed by atoms with E-state index in [1.807, 2.05) is 6.07 Å². The molecule has 0 saturated heterocycles. The zero-order valence-electron chi connectivity index (χ0n) is 9.78. The number of benzene rings is 2. The van der Waals surface area contributed by atoms with E-state index >= 15 is 0 Å². The number of aliphatic hydroxyl groups excluding tert-OH is 2. The SMILES string of the molecule is O=C(c1ccccc1)C(O)c1ccc(CO)cc1. The number of carbonyl (C=O) groups is 1. The molecule has 0 aliphatic heterocycles. The predicted molar refractivity (Wildman–Crippen MR) is 68.1 cm³/mol. The molecule has 0 fully saturated rings. The summed E-state index contributed by atoms with van der Waals surface area (Å²) in [6.45, 7) is -0.0526. The van der Waals surface area contributed by atoms with Gasteiger partial charge in [-0.2, -0.15) is 0 Å². The van der Waals surface area contributed by atoms with Crippen LogP contribution in [-0.2, 0) is 6.61 Å². The molecule has 1 atom stereocenters. The first-order valence-corrected chi connectivity index (χ1v) is 5.69. The molecule has 92 valence electrons. The normalized spacial score (nSPS) is 12.1. The van der Waals surface area contributed by atoms with Crippen molar-refractivity contribution in [3.05, 3.63) is 71.3 Å². The predicted octanol–water partition coefficient (Wildman–Crippen LogP) is 2.10. The topological polar surface area (TPSA) is 57.5 Å². The van der Waals surface area contributed by atoms with Crippen LogP contribution in [0.4, 0.5) is 0 Å². The first-order valence-electron chi connectivity index (χ1n) is 5.69. The van der Waals surface area contributed by atoms with Crippen molar-refractivity contribution < 1.29 is 15.0 Å². The first kappa shape index (κ1) is 12.5. The Bertz CT molecular complexity index is 517. The second-order valence-electron chi connectivity index (χ2n) is 4.03. The molecule has 3 heteroatoms. The monoisotopic (exact) mass is 242 g/mol. The van der Waals surface area contributed by atoms with Gasteiger partial charge >= 0.3 is 0 Å². The summed E-state index contributed by atoms with van der Waals surface area (Å²) in [5.41, 5.74) is 1.76. The molecule has 0 spiro atoms. The summed E-state index contributed by atoms with van der Waals surface area (Å²) in [4.78, 5) is 12.0. The van der Waals surface area contributed by atoms with E-state index in [0.717, 1.165) is 5.56 Å². The highest BCUT2D eigenvalue weighted by Crippen LogP contribution is 2.18. The Labute approximate surface area is 105 Å². The summed E-state index contributed by atoms with van der Waals surface area (Å²) in [5.74, 6) is -0.327. The van der Waals surface area contributed by atoms with Crippen molar-refractivity contribution in [2.75, 3.05) is 0 Å². The van der Waals surface area contributed by atoms with Crippen molar-refractivity contribution in [2.45, 2.75) is 12.7 Å². The van der Waals surface area contributed by atoms with Gasteiger partial charge < -0.3 is 10.2 Å². The van der Waals surface area contributed by atoms with Gasteiger partial charge in [0.1, 0.15) is 6.10 Å². The molecular formula is C15H14O3. The zero-order chi connectivity index (χ0) is 13.0. The molecule has 3 nitrogen and oxygen atoms in total. The molecule has 2 aromatic rings. The second kappa shape index (κ2) is 5.58. The molecular weight excluding hydrogens is 228 g/mol. The minimum atomic E-state index is -1.17. The highest BCUT2D eigenvalue weighted by atomic mass is 16.3. The Morgan fingerprint density at radius 2 is 1.61 bits per heavy atom. The number of aliphatic hydroxyl groups is 2. The lowest BCUT2D eigenvalue weighted by molar-refractivity contribution is 0.0747. The fourth-order valence-electron chi connectivity index (χ4n) is 1.72. The number of Topliss-reactive ketones (excluding diaryl/α,β-unsaturated/α-hetero) is 1. The molecule has 0 saturated carbocycles. The van der Waals surface area contributed by atoms with Crippen LogP contribution in [0.25, 0.3) is 0 Å². The van der Waals surface area contributed by atoms with E-state index in [0.29, 0.717) is 11.1 Å². The molecule has 2 rings (SSSR count). The van der Waals surface area contributed by atoms with Crippen molar-refractivity contribution in [3.8, 4) is 0 Å². The Hall–Kier alpha value is -1.97. The maximum absolute atomic E-state index is 12.0. The summed E-state index contributed by atoms with van der Waals surface area (Å²) in [5, 5.41) is 18.9. The van der Waals surface area contributed by atoms with Gasteiger partial charge in [-0.25, -0.2) is 0 Å². The van der Waals surface area contributed by atoms with Crippen molar-refractivity contribution >= 4 is 5.78 Å². The maximum atomic E-state index is 12.0. The summed E-state index contributed by atoms with van der Waals surface area (Å²) in [6.07, 6.45) is -1.17. The van der Waals surface area contributed by atoms with Gasteiger partial charge in [0.2, 0.25) is 0 Å². The molecule has 0 radical (unpaired) electrons. The van der Waals surface area contributed by atoms with Crippen LogP contribution in [-0.4, -0.2) is 16.0 Å². The van der Waals surface area contributed by atoms with E-state index < -0.39 is 6.10 Å². The minimum absolute atomic E-state index is 0.0526. The van der Waals surface area contributed by atoms with Gasteiger partial charge in [-0.05, 0) is 11.1 Å². The van der Waals surface area contributed by atoms with Crippen molar-refractivity contribution in [1.82, 2.24) is 0 Å². The molecule has 0 heterocycles. The fourth-order valence-corrected chi connectivity index (χ4v) is 1.72. The van der Waals surface area contributed by atoms with Crippen molar-refractivity contribution in [1.29, 1.82) is 0 Å². The molecule has 0 aliphatic carbocycles. The van der Waals surface area contributed by atoms with Gasteiger partial charge in [0.15, 0.2) is 5.78 Å². The second-order valence-corrected chi connectivity index (χ2v) is 4.03. The molecule has 2 N–H and O–H groups in total. The highest BCUT2D eigenvalue weighted by Gasteiger charge is 2.18. The average Bonchev–Trinajstić information content (AvgIpc) is 2.47. The number of carbonyl (C=O) groups excluding carboxylic acids is 1. The van der Waals surface area contributed by atoms with E-state index in [1.54, 1.807) is 48.5 Å². The zero-order valence-corrected chi connectivity index (χ0v) is 9.78. The lowest BCUT2D eigenvalue weighted by atomic mass is 9.99. The number of hydrogen-bond donors (Lipinski definition) is 2. The van der Waals surface area contributed by atoms with Crippen molar-refractivity contribution in [2.24, 2.45) is 0 Å². The van der Waals surface area contributed by atoms with Crippen molar-refractivity contribution in [3.63, 3.8) is 0 Å². The third-order valence-electron chi connectivity index (χ3n) is 2.78. The van der Waals surface area contributed by atoms with Crippen LogP contribution in [0.2, 0.25) is 0 Å². The molecule has 0 bridgehead atoms. The molecule has 0 aromatic heterocycles. The molecule has 0 amide bonds. The highest BCUT2D eigenvalue weighted by molar-refractivity contribution is 5.99. The molecule has 2 aromatic carbocycles. The van der Waals surface area contributed by atoms with Crippen LogP contribution in [0.15, 0.2) is 54.6 Å². The van der Waals surface area contributed by atoms with E-state index in [-0.39, 0.29) is 12.4 Å². The third-order valence-corrected chi connectivity index (χ3v) is 2.78. The lowest BCUT2D eigenvalue weighted by Crippen LogP contribution is -2.12. The maximum Gasteiger partial charge on any atom is 0.195 e. The van der Waals surface area contributed by atoms with Crippen LogP contribution in [0.5, 0.6) is 0 Å². The average molecular weight is 242 g/mol.